The standard InChI is InChI=1S/C18H16ClNO3/c1-17(2)8-13(21)15-14(9-17)23-6-5-18(15)11-7-10(19)3-4-12(11)20-16(18)22/h3-7H,8-9H2,1-2H3,(H,20,22). The van der Waals surface area contributed by atoms with Crippen molar-refractivity contribution in [2.75, 3.05) is 5.32 Å². The van der Waals surface area contributed by atoms with Gasteiger partial charge in [-0.05, 0) is 29.7 Å². The average Bonchev–Trinajstić information content (AvgIpc) is 2.71. The smallest absolute Gasteiger partial charge is 0.243 e. The molecule has 0 bridgehead atoms. The van der Waals surface area contributed by atoms with E-state index in [1.165, 1.54) is 6.26 Å². The zero-order chi connectivity index (χ0) is 16.4. The van der Waals surface area contributed by atoms with Gasteiger partial charge in [0.1, 0.15) is 11.2 Å². The minimum absolute atomic E-state index is 0.0384. The van der Waals surface area contributed by atoms with Gasteiger partial charge in [-0.15, -0.1) is 0 Å². The maximum absolute atomic E-state index is 12.9. The normalized spacial score (nSPS) is 27.6. The number of ketones is 1. The van der Waals surface area contributed by atoms with E-state index in [4.69, 9.17) is 16.3 Å². The third-order valence-electron chi connectivity index (χ3n) is 4.77. The number of nitrogens with one attached hydrogen (secondary N) is 1. The second-order valence-corrected chi connectivity index (χ2v) is 7.55. The summed E-state index contributed by atoms with van der Waals surface area (Å²) in [4.78, 5) is 25.7. The van der Waals surface area contributed by atoms with Crippen LogP contribution in [0.4, 0.5) is 5.69 Å². The molecule has 5 heteroatoms. The van der Waals surface area contributed by atoms with Crippen LogP contribution in [0.15, 0.2) is 41.9 Å². The second-order valence-electron chi connectivity index (χ2n) is 7.11. The molecule has 0 saturated heterocycles. The van der Waals surface area contributed by atoms with Crippen LogP contribution in [0.2, 0.25) is 5.02 Å². The molecule has 4 nitrogen and oxygen atoms in total. The SMILES string of the molecule is CC1(C)CC(=O)C2=C(C1)OC=CC21C(=O)Nc2ccc(Cl)cc21. The Morgan fingerprint density at radius 1 is 1.22 bits per heavy atom. The van der Waals surface area contributed by atoms with E-state index in [1.54, 1.807) is 24.3 Å². The predicted molar refractivity (Wildman–Crippen MR) is 87.0 cm³/mol. The fraction of sp³-hybridized carbons (Fsp3) is 0.333. The number of benzene rings is 1. The zero-order valence-corrected chi connectivity index (χ0v) is 13.7. The Morgan fingerprint density at radius 3 is 2.78 bits per heavy atom. The minimum atomic E-state index is -1.12. The number of fused-ring (bicyclic) bond motifs is 3. The molecule has 1 unspecified atom stereocenters. The van der Waals surface area contributed by atoms with Crippen molar-refractivity contribution in [3.63, 3.8) is 0 Å². The Balaban J connectivity index is 1.99. The summed E-state index contributed by atoms with van der Waals surface area (Å²) in [5.74, 6) is 0.329. The maximum Gasteiger partial charge on any atom is 0.243 e. The van der Waals surface area contributed by atoms with Crippen LogP contribution in [0, 0.1) is 5.41 Å². The van der Waals surface area contributed by atoms with Crippen molar-refractivity contribution in [1.29, 1.82) is 0 Å². The minimum Gasteiger partial charge on any atom is -0.469 e. The number of anilines is 1. The molecule has 0 saturated carbocycles. The monoisotopic (exact) mass is 329 g/mol. The first-order chi connectivity index (χ1) is 10.8. The number of rotatable bonds is 0. The van der Waals surface area contributed by atoms with E-state index in [-0.39, 0.29) is 17.1 Å². The summed E-state index contributed by atoms with van der Waals surface area (Å²) >= 11 is 6.13. The van der Waals surface area contributed by atoms with E-state index in [0.717, 1.165) is 5.56 Å². The molecule has 1 atom stereocenters. The molecule has 1 aliphatic carbocycles. The summed E-state index contributed by atoms with van der Waals surface area (Å²) in [5, 5.41) is 3.40. The Bertz CT molecular complexity index is 822. The van der Waals surface area contributed by atoms with Gasteiger partial charge in [-0.25, -0.2) is 0 Å². The molecule has 23 heavy (non-hydrogen) atoms. The fourth-order valence-electron chi connectivity index (χ4n) is 3.81. The number of hydrogen-bond acceptors (Lipinski definition) is 3. The molecule has 1 aromatic rings. The number of carbonyl (C=O) groups excluding carboxylic acids is 2. The van der Waals surface area contributed by atoms with Gasteiger partial charge in [0.05, 0.1) is 11.8 Å². The molecule has 3 aliphatic rings. The lowest BCUT2D eigenvalue weighted by atomic mass is 9.65. The molecule has 0 radical (unpaired) electrons. The summed E-state index contributed by atoms with van der Waals surface area (Å²) < 4.78 is 5.63. The van der Waals surface area contributed by atoms with E-state index in [1.807, 2.05) is 13.8 Å². The van der Waals surface area contributed by atoms with Gasteiger partial charge in [0, 0.05) is 29.1 Å². The summed E-state index contributed by atoms with van der Waals surface area (Å²) in [6.45, 7) is 4.06. The molecule has 2 aliphatic heterocycles. The number of Topliss-reactive ketones (excluding diaryl/α,β-unsaturated/α-hetero) is 1. The molecule has 118 valence electrons. The van der Waals surface area contributed by atoms with E-state index in [9.17, 15) is 9.59 Å². The zero-order valence-electron chi connectivity index (χ0n) is 12.9. The van der Waals surface area contributed by atoms with E-state index < -0.39 is 5.41 Å². The molecule has 1 amide bonds. The van der Waals surface area contributed by atoms with Gasteiger partial charge in [0.15, 0.2) is 5.78 Å². The lowest BCUT2D eigenvalue weighted by molar-refractivity contribution is -0.124. The summed E-state index contributed by atoms with van der Waals surface area (Å²) in [7, 11) is 0. The molecule has 0 aromatic heterocycles. The highest BCUT2D eigenvalue weighted by Gasteiger charge is 2.55. The summed E-state index contributed by atoms with van der Waals surface area (Å²) in [6.07, 6.45) is 4.21. The molecule has 1 N–H and O–H groups in total. The predicted octanol–water partition coefficient (Wildman–Crippen LogP) is 3.72. The fourth-order valence-corrected chi connectivity index (χ4v) is 3.99. The molecule has 1 aromatic carbocycles. The highest BCUT2D eigenvalue weighted by atomic mass is 35.5. The maximum atomic E-state index is 12.9. The number of halogens is 1. The van der Waals surface area contributed by atoms with Crippen molar-refractivity contribution >= 4 is 29.0 Å². The number of carbonyl (C=O) groups is 2. The van der Waals surface area contributed by atoms with Gasteiger partial charge in [0.25, 0.3) is 0 Å². The van der Waals surface area contributed by atoms with Crippen molar-refractivity contribution < 1.29 is 14.3 Å². The first kappa shape index (κ1) is 14.5. The Labute approximate surface area is 139 Å². The summed E-state index contributed by atoms with van der Waals surface area (Å²) in [6, 6.07) is 5.25. The van der Waals surface area contributed by atoms with Crippen molar-refractivity contribution in [1.82, 2.24) is 0 Å². The van der Waals surface area contributed by atoms with Crippen LogP contribution in [0.1, 0.15) is 32.3 Å². The lowest BCUT2D eigenvalue weighted by Gasteiger charge is -2.38. The molecule has 0 fully saturated rings. The van der Waals surface area contributed by atoms with E-state index in [0.29, 0.717) is 34.9 Å². The highest BCUT2D eigenvalue weighted by molar-refractivity contribution is 6.31. The van der Waals surface area contributed by atoms with Crippen molar-refractivity contribution in [3.8, 4) is 0 Å². The Hall–Kier alpha value is -2.07. The van der Waals surface area contributed by atoms with E-state index in [2.05, 4.69) is 5.32 Å². The van der Waals surface area contributed by atoms with Crippen molar-refractivity contribution in [3.05, 3.63) is 52.5 Å². The first-order valence-corrected chi connectivity index (χ1v) is 7.94. The van der Waals surface area contributed by atoms with Gasteiger partial charge in [0.2, 0.25) is 5.91 Å². The van der Waals surface area contributed by atoms with Gasteiger partial charge in [-0.2, -0.15) is 0 Å². The highest BCUT2D eigenvalue weighted by Crippen LogP contribution is 2.52. The van der Waals surface area contributed by atoms with Crippen LogP contribution in [-0.4, -0.2) is 11.7 Å². The number of allylic oxidation sites excluding steroid dienone is 1. The van der Waals surface area contributed by atoms with Crippen LogP contribution in [0.25, 0.3) is 0 Å². The van der Waals surface area contributed by atoms with Crippen molar-refractivity contribution in [2.45, 2.75) is 32.1 Å². The summed E-state index contributed by atoms with van der Waals surface area (Å²) in [5.41, 5.74) is 0.569. The van der Waals surface area contributed by atoms with Gasteiger partial charge >= 0.3 is 0 Å². The topological polar surface area (TPSA) is 55.4 Å². The van der Waals surface area contributed by atoms with Gasteiger partial charge in [-0.1, -0.05) is 25.4 Å². The molecule has 1 spiro atoms. The number of amides is 1. The number of ether oxygens (including phenoxy) is 1. The van der Waals surface area contributed by atoms with Crippen LogP contribution < -0.4 is 5.32 Å². The van der Waals surface area contributed by atoms with Crippen LogP contribution >= 0.6 is 11.6 Å². The first-order valence-electron chi connectivity index (χ1n) is 7.56. The van der Waals surface area contributed by atoms with Crippen LogP contribution in [-0.2, 0) is 19.7 Å². The lowest BCUT2D eigenvalue weighted by Crippen LogP contribution is -2.43. The van der Waals surface area contributed by atoms with E-state index >= 15 is 0 Å². The second kappa shape index (κ2) is 4.48. The quantitative estimate of drug-likeness (QED) is 0.789. The Morgan fingerprint density at radius 2 is 2.00 bits per heavy atom. The van der Waals surface area contributed by atoms with Crippen molar-refractivity contribution in [2.24, 2.45) is 5.41 Å². The van der Waals surface area contributed by atoms with Crippen LogP contribution in [0.3, 0.4) is 0 Å². The molecule has 4 rings (SSSR count). The van der Waals surface area contributed by atoms with Gasteiger partial charge in [-0.3, -0.25) is 9.59 Å². The third-order valence-corrected chi connectivity index (χ3v) is 5.01. The average molecular weight is 330 g/mol. The Kier molecular flexibility index (Phi) is 2.83. The molecular formula is C18H16ClNO3. The van der Waals surface area contributed by atoms with Gasteiger partial charge < -0.3 is 10.1 Å². The largest absolute Gasteiger partial charge is 0.469 e. The molecular weight excluding hydrogens is 314 g/mol. The molecule has 2 heterocycles. The number of hydrogen-bond donors (Lipinski definition) is 1. The third kappa shape index (κ3) is 1.91. The van der Waals surface area contributed by atoms with Crippen LogP contribution in [0.5, 0.6) is 0 Å².